The molecule has 7 heteroatoms. The van der Waals surface area contributed by atoms with Gasteiger partial charge in [-0.15, -0.1) is 0 Å². The summed E-state index contributed by atoms with van der Waals surface area (Å²) in [5.74, 6) is -0.173. The number of halogens is 1. The van der Waals surface area contributed by atoms with Gasteiger partial charge in [0.2, 0.25) is 0 Å². The van der Waals surface area contributed by atoms with Gasteiger partial charge in [-0.1, -0.05) is 33.5 Å². The topological polar surface area (TPSA) is 48.5 Å². The third-order valence-corrected chi connectivity index (χ3v) is 6.35. The molecule has 0 spiro atoms. The first-order chi connectivity index (χ1) is 11.7. The second kappa shape index (κ2) is 6.68. The van der Waals surface area contributed by atoms with E-state index in [0.29, 0.717) is 17.9 Å². The number of ether oxygens (including phenoxy) is 1. The Hall–Kier alpha value is -1.47. The van der Waals surface area contributed by atoms with E-state index >= 15 is 0 Å². The average molecular weight is 366 g/mol. The van der Waals surface area contributed by atoms with Gasteiger partial charge < -0.3 is 9.30 Å². The lowest BCUT2D eigenvalue weighted by Crippen LogP contribution is -2.25. The summed E-state index contributed by atoms with van der Waals surface area (Å²) >= 11 is 0. The first kappa shape index (κ1) is 18.3. The molecule has 2 aromatic heterocycles. The monoisotopic (exact) mass is 365 g/mol. The van der Waals surface area contributed by atoms with Gasteiger partial charge in [-0.25, -0.2) is 4.39 Å². The van der Waals surface area contributed by atoms with Gasteiger partial charge in [0.15, 0.2) is 11.5 Å². The highest BCUT2D eigenvalue weighted by molar-refractivity contribution is 6.76. The van der Waals surface area contributed by atoms with Crippen molar-refractivity contribution in [1.82, 2.24) is 14.2 Å². The Bertz CT molecular complexity index is 831. The Morgan fingerprint density at radius 1 is 1.36 bits per heavy atom. The predicted octanol–water partition coefficient (Wildman–Crippen LogP) is 3.95. The van der Waals surface area contributed by atoms with E-state index in [2.05, 4.69) is 24.7 Å². The molecule has 2 heterocycles. The first-order valence-corrected chi connectivity index (χ1v) is 12.8. The van der Waals surface area contributed by atoms with Crippen molar-refractivity contribution in [3.8, 4) is 0 Å². The van der Waals surface area contributed by atoms with E-state index in [9.17, 15) is 9.18 Å². The lowest BCUT2D eigenvalue weighted by molar-refractivity contribution is 0.0883. The molecular formula is C18H28FN3O2Si. The van der Waals surface area contributed by atoms with Gasteiger partial charge in [-0.2, -0.15) is 9.61 Å². The minimum atomic E-state index is -1.18. The molecule has 3 rings (SSSR count). The van der Waals surface area contributed by atoms with Crippen molar-refractivity contribution in [3.05, 3.63) is 33.6 Å². The molecule has 2 aromatic rings. The number of fused-ring (bicyclic) bond motifs is 1. The fraction of sp³-hybridized carbons (Fsp3) is 0.667. The van der Waals surface area contributed by atoms with Crippen LogP contribution in [0.1, 0.15) is 49.8 Å². The van der Waals surface area contributed by atoms with Crippen molar-refractivity contribution < 1.29 is 9.13 Å². The normalized spacial score (nSPS) is 15.5. The molecule has 0 radical (unpaired) electrons. The third-order valence-electron chi connectivity index (χ3n) is 4.65. The number of rotatable bonds is 7. The van der Waals surface area contributed by atoms with Crippen molar-refractivity contribution >= 4 is 13.7 Å². The van der Waals surface area contributed by atoms with Gasteiger partial charge in [0.05, 0.1) is 0 Å². The molecule has 0 aromatic carbocycles. The number of hydrogen-bond acceptors (Lipinski definition) is 3. The summed E-state index contributed by atoms with van der Waals surface area (Å²) in [6.07, 6.45) is 3.62. The molecular weight excluding hydrogens is 337 g/mol. The van der Waals surface area contributed by atoms with E-state index < -0.39 is 8.07 Å². The van der Waals surface area contributed by atoms with E-state index in [1.807, 2.05) is 13.8 Å². The molecule has 1 saturated carbocycles. The summed E-state index contributed by atoms with van der Waals surface area (Å²) in [5.41, 5.74) is 1.05. The first-order valence-electron chi connectivity index (χ1n) is 9.08. The van der Waals surface area contributed by atoms with Crippen molar-refractivity contribution in [3.63, 3.8) is 0 Å². The third kappa shape index (κ3) is 3.87. The molecule has 1 fully saturated rings. The molecule has 0 amide bonds. The van der Waals surface area contributed by atoms with Crippen LogP contribution < -0.4 is 5.56 Å². The summed E-state index contributed by atoms with van der Waals surface area (Å²) in [4.78, 5) is 12.7. The molecule has 0 bridgehead atoms. The summed E-state index contributed by atoms with van der Waals surface area (Å²) in [6, 6.07) is 1.05. The van der Waals surface area contributed by atoms with Crippen LogP contribution in [0.25, 0.3) is 5.65 Å². The summed E-state index contributed by atoms with van der Waals surface area (Å²) in [7, 11) is -1.18. The molecule has 0 aliphatic heterocycles. The molecule has 5 nitrogen and oxygen atoms in total. The lowest BCUT2D eigenvalue weighted by Gasteiger charge is -2.17. The molecule has 1 aliphatic carbocycles. The predicted molar refractivity (Wildman–Crippen MR) is 99.6 cm³/mol. The van der Waals surface area contributed by atoms with Gasteiger partial charge in [-0.05, 0) is 24.8 Å². The van der Waals surface area contributed by atoms with Gasteiger partial charge >= 0.3 is 0 Å². The van der Waals surface area contributed by atoms with E-state index in [0.717, 1.165) is 18.9 Å². The van der Waals surface area contributed by atoms with Gasteiger partial charge in [0.25, 0.3) is 5.56 Å². The van der Waals surface area contributed by atoms with Crippen LogP contribution in [0.4, 0.5) is 4.39 Å². The maximum atomic E-state index is 14.9. The lowest BCUT2D eigenvalue weighted by atomic mass is 10.1. The van der Waals surface area contributed by atoms with Gasteiger partial charge in [-0.3, -0.25) is 4.79 Å². The average Bonchev–Trinajstić information content (AvgIpc) is 3.28. The number of hydrogen-bond donors (Lipinski definition) is 0. The highest BCUT2D eigenvalue weighted by Gasteiger charge is 2.32. The summed E-state index contributed by atoms with van der Waals surface area (Å²) in [6.45, 7) is 11.7. The van der Waals surface area contributed by atoms with Crippen LogP contribution in [0.2, 0.25) is 25.7 Å². The quantitative estimate of drug-likeness (QED) is 0.551. The molecule has 138 valence electrons. The Kier molecular flexibility index (Phi) is 4.90. The van der Waals surface area contributed by atoms with Crippen LogP contribution in [-0.4, -0.2) is 28.9 Å². The molecule has 0 N–H and O–H groups in total. The largest absolute Gasteiger partial charge is 0.361 e. The Labute approximate surface area is 148 Å². The maximum absolute atomic E-state index is 14.9. The molecule has 1 aliphatic rings. The molecule has 25 heavy (non-hydrogen) atoms. The van der Waals surface area contributed by atoms with Crippen LogP contribution in [0.3, 0.4) is 0 Å². The minimum Gasteiger partial charge on any atom is -0.361 e. The fourth-order valence-electron chi connectivity index (χ4n) is 2.86. The highest BCUT2D eigenvalue weighted by atomic mass is 28.3. The van der Waals surface area contributed by atoms with E-state index in [-0.39, 0.29) is 35.6 Å². The maximum Gasteiger partial charge on any atom is 0.277 e. The van der Waals surface area contributed by atoms with Crippen LogP contribution in [0.5, 0.6) is 0 Å². The minimum absolute atomic E-state index is 0.0433. The van der Waals surface area contributed by atoms with Crippen LogP contribution in [0.15, 0.2) is 11.0 Å². The summed E-state index contributed by atoms with van der Waals surface area (Å²) in [5, 5.41) is 4.30. The van der Waals surface area contributed by atoms with Crippen LogP contribution in [0, 0.1) is 5.82 Å². The van der Waals surface area contributed by atoms with Gasteiger partial charge in [0.1, 0.15) is 12.4 Å². The van der Waals surface area contributed by atoms with E-state index in [1.54, 1.807) is 10.8 Å². The SMILES string of the molecule is CC(C)c1cn(COCC[Si](C)(C)C)c2c(F)c(C3CC3)nn2c1=O. The fourth-order valence-corrected chi connectivity index (χ4v) is 3.61. The zero-order valence-electron chi connectivity index (χ0n) is 15.8. The second-order valence-corrected chi connectivity index (χ2v) is 14.2. The van der Waals surface area contributed by atoms with Crippen molar-refractivity contribution in [2.75, 3.05) is 6.61 Å². The number of aromatic nitrogens is 3. The zero-order chi connectivity index (χ0) is 18.4. The molecule has 0 unspecified atom stereocenters. The second-order valence-electron chi connectivity index (χ2n) is 8.57. The summed E-state index contributed by atoms with van der Waals surface area (Å²) < 4.78 is 23.6. The number of nitrogens with zero attached hydrogens (tertiary/aromatic N) is 3. The van der Waals surface area contributed by atoms with Crippen molar-refractivity contribution in [2.45, 2.75) is 70.9 Å². The molecule has 0 saturated heterocycles. The van der Waals surface area contributed by atoms with Crippen molar-refractivity contribution in [1.29, 1.82) is 0 Å². The van der Waals surface area contributed by atoms with Crippen LogP contribution >= 0.6 is 0 Å². The zero-order valence-corrected chi connectivity index (χ0v) is 16.8. The van der Waals surface area contributed by atoms with Gasteiger partial charge in [0, 0.05) is 32.4 Å². The van der Waals surface area contributed by atoms with E-state index in [1.165, 1.54) is 4.52 Å². The Morgan fingerprint density at radius 2 is 2.04 bits per heavy atom. The van der Waals surface area contributed by atoms with Crippen LogP contribution in [-0.2, 0) is 11.5 Å². The Balaban J connectivity index is 1.97. The smallest absolute Gasteiger partial charge is 0.277 e. The standard InChI is InChI=1S/C18H28FN3O2Si/c1-12(2)14-10-21(11-24-8-9-25(3,4)5)17-15(19)16(13-6-7-13)20-22(17)18(14)23/h10,12-13H,6-9,11H2,1-5H3. The van der Waals surface area contributed by atoms with Crippen molar-refractivity contribution in [2.24, 2.45) is 0 Å². The van der Waals surface area contributed by atoms with E-state index in [4.69, 9.17) is 4.74 Å². The molecule has 0 atom stereocenters. The highest BCUT2D eigenvalue weighted by Crippen LogP contribution is 2.41. The Morgan fingerprint density at radius 3 is 2.60 bits per heavy atom.